The average Bonchev–Trinajstić information content (AvgIpc) is 2.62. The number of carboxylic acids is 1. The van der Waals surface area contributed by atoms with Crippen LogP contribution < -0.4 is 5.32 Å². The number of carbonyl (C=O) groups is 2. The van der Waals surface area contributed by atoms with E-state index in [0.29, 0.717) is 5.69 Å². The SMILES string of the molecule is COP(C)(=O)OC(Cc1ccccc1)C(=O)Nc1ccc(C(=O)O)cc1. The van der Waals surface area contributed by atoms with Crippen LogP contribution in [0, 0.1) is 0 Å². The third kappa shape index (κ3) is 5.81. The Morgan fingerprint density at radius 1 is 1.12 bits per heavy atom. The van der Waals surface area contributed by atoms with Crippen LogP contribution in [0.3, 0.4) is 0 Å². The predicted octanol–water partition coefficient (Wildman–Crippen LogP) is 3.42. The summed E-state index contributed by atoms with van der Waals surface area (Å²) in [7, 11) is -2.13. The summed E-state index contributed by atoms with van der Waals surface area (Å²) >= 11 is 0. The van der Waals surface area contributed by atoms with E-state index < -0.39 is 25.6 Å². The molecule has 0 bridgehead atoms. The van der Waals surface area contributed by atoms with Crippen LogP contribution >= 0.6 is 7.60 Å². The normalized spacial score (nSPS) is 14.2. The zero-order valence-electron chi connectivity index (χ0n) is 14.4. The van der Waals surface area contributed by atoms with Gasteiger partial charge in [-0.15, -0.1) is 0 Å². The van der Waals surface area contributed by atoms with E-state index in [4.69, 9.17) is 14.2 Å². The maximum absolute atomic E-state index is 12.6. The minimum Gasteiger partial charge on any atom is -0.478 e. The van der Waals surface area contributed by atoms with Gasteiger partial charge in [0.1, 0.15) is 6.10 Å². The fourth-order valence-electron chi connectivity index (χ4n) is 2.20. The zero-order chi connectivity index (χ0) is 19.2. The quantitative estimate of drug-likeness (QED) is 0.684. The molecule has 2 N–H and O–H groups in total. The molecule has 138 valence electrons. The van der Waals surface area contributed by atoms with E-state index in [-0.39, 0.29) is 12.0 Å². The van der Waals surface area contributed by atoms with Crippen molar-refractivity contribution in [3.63, 3.8) is 0 Å². The van der Waals surface area contributed by atoms with Crippen molar-refractivity contribution in [1.82, 2.24) is 0 Å². The van der Waals surface area contributed by atoms with Gasteiger partial charge >= 0.3 is 13.6 Å². The molecule has 2 unspecified atom stereocenters. The van der Waals surface area contributed by atoms with Gasteiger partial charge in [-0.25, -0.2) is 4.79 Å². The predicted molar refractivity (Wildman–Crippen MR) is 97.6 cm³/mol. The molecule has 0 heterocycles. The first-order chi connectivity index (χ1) is 12.3. The van der Waals surface area contributed by atoms with Crippen molar-refractivity contribution in [1.29, 1.82) is 0 Å². The topological polar surface area (TPSA) is 102 Å². The summed E-state index contributed by atoms with van der Waals surface area (Å²) in [6, 6.07) is 14.9. The standard InChI is InChI=1S/C18H20NO6P/c1-24-26(2,23)25-16(12-13-6-4-3-5-7-13)17(20)19-15-10-8-14(9-11-15)18(21)22/h3-11,16H,12H2,1-2H3,(H,19,20)(H,21,22). The number of benzene rings is 2. The van der Waals surface area contributed by atoms with Crippen LogP contribution in [0.15, 0.2) is 54.6 Å². The van der Waals surface area contributed by atoms with Crippen LogP contribution in [0.4, 0.5) is 5.69 Å². The number of hydrogen-bond donors (Lipinski definition) is 2. The highest BCUT2D eigenvalue weighted by molar-refractivity contribution is 7.53. The van der Waals surface area contributed by atoms with Crippen LogP contribution in [0.5, 0.6) is 0 Å². The van der Waals surface area contributed by atoms with Crippen LogP contribution in [0.1, 0.15) is 15.9 Å². The molecule has 2 atom stereocenters. The molecule has 0 aromatic heterocycles. The zero-order valence-corrected chi connectivity index (χ0v) is 15.3. The van der Waals surface area contributed by atoms with E-state index in [0.717, 1.165) is 5.56 Å². The molecule has 8 heteroatoms. The largest absolute Gasteiger partial charge is 0.478 e. The van der Waals surface area contributed by atoms with Gasteiger partial charge in [0.25, 0.3) is 5.91 Å². The van der Waals surface area contributed by atoms with Crippen LogP contribution in [0.2, 0.25) is 0 Å². The van der Waals surface area contributed by atoms with E-state index in [1.807, 2.05) is 30.3 Å². The lowest BCUT2D eigenvalue weighted by molar-refractivity contribution is -0.123. The van der Waals surface area contributed by atoms with Crippen molar-refractivity contribution in [2.75, 3.05) is 19.1 Å². The van der Waals surface area contributed by atoms with Crippen molar-refractivity contribution in [2.24, 2.45) is 0 Å². The smallest absolute Gasteiger partial charge is 0.335 e. The summed E-state index contributed by atoms with van der Waals surface area (Å²) in [6.07, 6.45) is -0.825. The van der Waals surface area contributed by atoms with Gasteiger partial charge in [0.05, 0.1) is 5.56 Å². The Morgan fingerprint density at radius 3 is 2.27 bits per heavy atom. The van der Waals surface area contributed by atoms with Crippen LogP contribution in [0.25, 0.3) is 0 Å². The molecule has 0 spiro atoms. The number of aromatic carboxylic acids is 1. The Morgan fingerprint density at radius 2 is 1.73 bits per heavy atom. The van der Waals surface area contributed by atoms with Crippen molar-refractivity contribution >= 4 is 25.2 Å². The molecule has 0 aliphatic heterocycles. The molecule has 7 nitrogen and oxygen atoms in total. The Balaban J connectivity index is 2.16. The molecule has 1 amide bonds. The average molecular weight is 377 g/mol. The molecule has 0 saturated carbocycles. The maximum Gasteiger partial charge on any atom is 0.335 e. The van der Waals surface area contributed by atoms with Crippen LogP contribution in [-0.4, -0.2) is 36.9 Å². The third-order valence-corrected chi connectivity index (χ3v) is 4.91. The third-order valence-electron chi connectivity index (χ3n) is 3.61. The first-order valence-electron chi connectivity index (χ1n) is 7.80. The Hall–Kier alpha value is -2.47. The monoisotopic (exact) mass is 377 g/mol. The second-order valence-electron chi connectivity index (χ2n) is 5.61. The highest BCUT2D eigenvalue weighted by Gasteiger charge is 2.28. The van der Waals surface area contributed by atoms with E-state index >= 15 is 0 Å². The lowest BCUT2D eigenvalue weighted by Crippen LogP contribution is -2.31. The molecule has 2 rings (SSSR count). The molecular formula is C18H20NO6P. The number of hydrogen-bond acceptors (Lipinski definition) is 5. The van der Waals surface area contributed by atoms with Gasteiger partial charge in [0.2, 0.25) is 0 Å². The summed E-state index contributed by atoms with van der Waals surface area (Å²) in [5, 5.41) is 11.6. The lowest BCUT2D eigenvalue weighted by atomic mass is 10.1. The Bertz CT molecular complexity index is 806. The molecule has 2 aromatic rings. The summed E-state index contributed by atoms with van der Waals surface area (Å²) in [5.41, 5.74) is 1.35. The second-order valence-corrected chi connectivity index (χ2v) is 7.73. The van der Waals surface area contributed by atoms with Crippen LogP contribution in [-0.2, 0) is 24.8 Å². The number of carboxylic acid groups (broad SMARTS) is 1. The molecule has 0 aliphatic rings. The summed E-state index contributed by atoms with van der Waals surface area (Å²) in [6.45, 7) is 1.29. The molecule has 0 radical (unpaired) electrons. The number of rotatable bonds is 8. The second kappa shape index (κ2) is 8.76. The van der Waals surface area contributed by atoms with Crippen molar-refractivity contribution in [3.05, 3.63) is 65.7 Å². The molecule has 0 fully saturated rings. The first kappa shape index (κ1) is 19.8. The van der Waals surface area contributed by atoms with Gasteiger partial charge in [-0.05, 0) is 29.8 Å². The fourth-order valence-corrected chi connectivity index (χ4v) is 2.92. The van der Waals surface area contributed by atoms with Gasteiger partial charge in [-0.2, -0.15) is 0 Å². The highest BCUT2D eigenvalue weighted by atomic mass is 31.2. The summed E-state index contributed by atoms with van der Waals surface area (Å²) < 4.78 is 22.4. The van der Waals surface area contributed by atoms with Gasteiger partial charge in [0, 0.05) is 25.9 Å². The summed E-state index contributed by atoms with van der Waals surface area (Å²) in [5.74, 6) is -1.56. The highest BCUT2D eigenvalue weighted by Crippen LogP contribution is 2.44. The Kier molecular flexibility index (Phi) is 6.69. The van der Waals surface area contributed by atoms with Crippen molar-refractivity contribution in [3.8, 4) is 0 Å². The minimum atomic E-state index is -3.38. The van der Waals surface area contributed by atoms with Crippen molar-refractivity contribution in [2.45, 2.75) is 12.5 Å². The Labute approximate surface area is 151 Å². The molecule has 0 saturated heterocycles. The van der Waals surface area contributed by atoms with Gasteiger partial charge < -0.3 is 14.9 Å². The molecular weight excluding hydrogens is 357 g/mol. The maximum atomic E-state index is 12.6. The van der Waals surface area contributed by atoms with Gasteiger partial charge in [0.15, 0.2) is 0 Å². The molecule has 2 aromatic carbocycles. The van der Waals surface area contributed by atoms with Gasteiger partial charge in [-0.3, -0.25) is 13.9 Å². The van der Waals surface area contributed by atoms with Gasteiger partial charge in [-0.1, -0.05) is 30.3 Å². The minimum absolute atomic E-state index is 0.109. The van der Waals surface area contributed by atoms with E-state index in [1.165, 1.54) is 38.0 Å². The fraction of sp³-hybridized carbons (Fsp3) is 0.222. The van der Waals surface area contributed by atoms with E-state index in [1.54, 1.807) is 0 Å². The number of amides is 1. The number of anilines is 1. The van der Waals surface area contributed by atoms with E-state index in [2.05, 4.69) is 5.32 Å². The molecule has 26 heavy (non-hydrogen) atoms. The number of nitrogens with one attached hydrogen (secondary N) is 1. The lowest BCUT2D eigenvalue weighted by Gasteiger charge is -2.21. The van der Waals surface area contributed by atoms with Crippen molar-refractivity contribution < 1.29 is 28.3 Å². The summed E-state index contributed by atoms with van der Waals surface area (Å²) in [4.78, 5) is 23.5. The van der Waals surface area contributed by atoms with E-state index in [9.17, 15) is 14.2 Å². The number of carbonyl (C=O) groups excluding carboxylic acids is 1. The first-order valence-corrected chi connectivity index (χ1v) is 9.79. The molecule has 0 aliphatic carbocycles.